The van der Waals surface area contributed by atoms with Gasteiger partial charge in [-0.3, -0.25) is 4.98 Å². The Morgan fingerprint density at radius 2 is 2.30 bits per heavy atom. The number of methoxy groups -OCH3 is 1. The molecule has 0 saturated carbocycles. The monoisotopic (exact) mass is 354 g/mol. The Labute approximate surface area is 132 Å². The highest BCUT2D eigenvalue weighted by Gasteiger charge is 2.14. The van der Waals surface area contributed by atoms with Gasteiger partial charge in [-0.05, 0) is 46.6 Å². The molecule has 5 heteroatoms. The molecule has 20 heavy (non-hydrogen) atoms. The van der Waals surface area contributed by atoms with Gasteiger partial charge in [-0.15, -0.1) is 11.3 Å². The maximum absolute atomic E-state index is 5.29. The van der Waals surface area contributed by atoms with Crippen LogP contribution in [0.2, 0.25) is 0 Å². The third-order valence-electron chi connectivity index (χ3n) is 3.11. The third-order valence-corrected chi connectivity index (χ3v) is 4.53. The van der Waals surface area contributed by atoms with Gasteiger partial charge in [0, 0.05) is 23.5 Å². The smallest absolute Gasteiger partial charge is 0.133 e. The molecule has 0 saturated heterocycles. The Balaban J connectivity index is 2.18. The number of nitrogens with one attached hydrogen (secondary N) is 1. The Hall–Kier alpha value is -0.910. The second kappa shape index (κ2) is 7.76. The van der Waals surface area contributed by atoms with Crippen LogP contribution in [0.4, 0.5) is 0 Å². The first-order valence-corrected chi connectivity index (χ1v) is 8.36. The van der Waals surface area contributed by atoms with Crippen LogP contribution in [0.1, 0.15) is 29.8 Å². The normalized spacial score (nSPS) is 12.3. The second-order valence-electron chi connectivity index (χ2n) is 4.57. The van der Waals surface area contributed by atoms with Gasteiger partial charge in [-0.1, -0.05) is 13.0 Å². The van der Waals surface area contributed by atoms with E-state index in [1.807, 2.05) is 17.8 Å². The first-order chi connectivity index (χ1) is 9.74. The van der Waals surface area contributed by atoms with E-state index in [0.29, 0.717) is 6.04 Å². The van der Waals surface area contributed by atoms with Crippen molar-refractivity contribution in [2.24, 2.45) is 0 Å². The fourth-order valence-electron chi connectivity index (χ4n) is 2.07. The van der Waals surface area contributed by atoms with Gasteiger partial charge in [-0.25, -0.2) is 0 Å². The quantitative estimate of drug-likeness (QED) is 0.808. The van der Waals surface area contributed by atoms with Gasteiger partial charge in [0.15, 0.2) is 0 Å². The summed E-state index contributed by atoms with van der Waals surface area (Å²) in [4.78, 5) is 5.45. The predicted molar refractivity (Wildman–Crippen MR) is 87.5 cm³/mol. The molecule has 0 aliphatic heterocycles. The number of nitrogens with zero attached hydrogens (tertiary/aromatic N) is 1. The Bertz CT molecular complexity index is 531. The summed E-state index contributed by atoms with van der Waals surface area (Å²) in [6.07, 6.45) is 4.03. The standard InChI is InChI=1S/C15H19BrN2OS/c1-3-6-18-14(8-12-9-17-10-20-12)11-4-5-15(19-2)13(16)7-11/h4-5,7,9-10,14,18H,3,6,8H2,1-2H3. The van der Waals surface area contributed by atoms with E-state index in [0.717, 1.165) is 29.6 Å². The van der Waals surface area contributed by atoms with Crippen LogP contribution >= 0.6 is 27.3 Å². The lowest BCUT2D eigenvalue weighted by Gasteiger charge is -2.19. The van der Waals surface area contributed by atoms with E-state index in [2.05, 4.69) is 45.3 Å². The molecule has 0 aliphatic rings. The van der Waals surface area contributed by atoms with E-state index < -0.39 is 0 Å². The summed E-state index contributed by atoms with van der Waals surface area (Å²) in [5.74, 6) is 0.862. The first kappa shape index (κ1) is 15.5. The van der Waals surface area contributed by atoms with Crippen LogP contribution in [0.5, 0.6) is 5.75 Å². The van der Waals surface area contributed by atoms with Crippen molar-refractivity contribution in [3.8, 4) is 5.75 Å². The molecule has 0 amide bonds. The number of ether oxygens (including phenoxy) is 1. The first-order valence-electron chi connectivity index (χ1n) is 6.68. The average Bonchev–Trinajstić information content (AvgIpc) is 2.96. The molecule has 3 nitrogen and oxygen atoms in total. The minimum atomic E-state index is 0.303. The highest BCUT2D eigenvalue weighted by atomic mass is 79.9. The van der Waals surface area contributed by atoms with Gasteiger partial charge in [0.05, 0.1) is 17.1 Å². The lowest BCUT2D eigenvalue weighted by Crippen LogP contribution is -2.23. The lowest BCUT2D eigenvalue weighted by atomic mass is 10.0. The molecular weight excluding hydrogens is 336 g/mol. The van der Waals surface area contributed by atoms with E-state index in [-0.39, 0.29) is 0 Å². The van der Waals surface area contributed by atoms with Crippen LogP contribution in [0.3, 0.4) is 0 Å². The number of hydrogen-bond acceptors (Lipinski definition) is 4. The van der Waals surface area contributed by atoms with Crippen molar-refractivity contribution >= 4 is 27.3 Å². The Morgan fingerprint density at radius 3 is 2.90 bits per heavy atom. The number of thiazole rings is 1. The van der Waals surface area contributed by atoms with Crippen LogP contribution in [-0.2, 0) is 6.42 Å². The fourth-order valence-corrected chi connectivity index (χ4v) is 3.27. The third kappa shape index (κ3) is 4.04. The van der Waals surface area contributed by atoms with E-state index >= 15 is 0 Å². The minimum absolute atomic E-state index is 0.303. The highest BCUT2D eigenvalue weighted by Crippen LogP contribution is 2.29. The molecule has 108 valence electrons. The van der Waals surface area contributed by atoms with Gasteiger partial charge in [0.1, 0.15) is 5.75 Å². The minimum Gasteiger partial charge on any atom is -0.496 e. The van der Waals surface area contributed by atoms with E-state index in [9.17, 15) is 0 Å². The van der Waals surface area contributed by atoms with Gasteiger partial charge >= 0.3 is 0 Å². The van der Waals surface area contributed by atoms with Crippen molar-refractivity contribution in [1.29, 1.82) is 0 Å². The summed E-state index contributed by atoms with van der Waals surface area (Å²) in [5, 5.41) is 3.61. The SMILES string of the molecule is CCCNC(Cc1cncs1)c1ccc(OC)c(Br)c1. The molecule has 1 aromatic heterocycles. The molecule has 0 radical (unpaired) electrons. The van der Waals surface area contributed by atoms with Crippen molar-refractivity contribution in [3.63, 3.8) is 0 Å². The van der Waals surface area contributed by atoms with Gasteiger partial charge < -0.3 is 10.1 Å². The number of halogens is 1. The molecule has 0 fully saturated rings. The van der Waals surface area contributed by atoms with Crippen LogP contribution in [0.25, 0.3) is 0 Å². The number of rotatable bonds is 7. The van der Waals surface area contributed by atoms with Crippen LogP contribution in [0.15, 0.2) is 34.4 Å². The summed E-state index contributed by atoms with van der Waals surface area (Å²) in [7, 11) is 1.68. The Morgan fingerprint density at radius 1 is 1.45 bits per heavy atom. The van der Waals surface area contributed by atoms with Crippen LogP contribution in [-0.4, -0.2) is 18.6 Å². The summed E-state index contributed by atoms with van der Waals surface area (Å²) < 4.78 is 6.28. The van der Waals surface area contributed by atoms with Gasteiger partial charge in [0.25, 0.3) is 0 Å². The molecule has 1 aromatic carbocycles. The molecular formula is C15H19BrN2OS. The zero-order valence-corrected chi connectivity index (χ0v) is 14.1. The van der Waals surface area contributed by atoms with E-state index in [1.54, 1.807) is 18.4 Å². The molecule has 0 aliphatic carbocycles. The lowest BCUT2D eigenvalue weighted by molar-refractivity contribution is 0.411. The number of hydrogen-bond donors (Lipinski definition) is 1. The molecule has 1 heterocycles. The zero-order valence-electron chi connectivity index (χ0n) is 11.7. The number of aromatic nitrogens is 1. The maximum Gasteiger partial charge on any atom is 0.133 e. The molecule has 0 bridgehead atoms. The van der Waals surface area contributed by atoms with Crippen molar-refractivity contribution < 1.29 is 4.74 Å². The number of benzene rings is 1. The molecule has 2 rings (SSSR count). The van der Waals surface area contributed by atoms with Crippen molar-refractivity contribution in [2.45, 2.75) is 25.8 Å². The summed E-state index contributed by atoms with van der Waals surface area (Å²) in [6.45, 7) is 3.19. The van der Waals surface area contributed by atoms with Crippen LogP contribution < -0.4 is 10.1 Å². The topological polar surface area (TPSA) is 34.2 Å². The van der Waals surface area contributed by atoms with E-state index in [4.69, 9.17) is 4.74 Å². The average molecular weight is 355 g/mol. The molecule has 1 unspecified atom stereocenters. The Kier molecular flexibility index (Phi) is 6.01. The maximum atomic E-state index is 5.29. The van der Waals surface area contributed by atoms with Crippen molar-refractivity contribution in [2.75, 3.05) is 13.7 Å². The summed E-state index contributed by atoms with van der Waals surface area (Å²) in [6, 6.07) is 6.57. The van der Waals surface area contributed by atoms with Crippen molar-refractivity contribution in [1.82, 2.24) is 10.3 Å². The second-order valence-corrected chi connectivity index (χ2v) is 6.40. The van der Waals surface area contributed by atoms with Crippen molar-refractivity contribution in [3.05, 3.63) is 44.8 Å². The molecule has 2 aromatic rings. The van der Waals surface area contributed by atoms with Gasteiger partial charge in [-0.2, -0.15) is 0 Å². The largest absolute Gasteiger partial charge is 0.496 e. The molecule has 1 N–H and O–H groups in total. The molecule has 1 atom stereocenters. The van der Waals surface area contributed by atoms with Gasteiger partial charge in [0.2, 0.25) is 0 Å². The zero-order chi connectivity index (χ0) is 14.4. The molecule has 0 spiro atoms. The summed E-state index contributed by atoms with van der Waals surface area (Å²) in [5.41, 5.74) is 3.15. The van der Waals surface area contributed by atoms with E-state index in [1.165, 1.54) is 10.4 Å². The fraction of sp³-hybridized carbons (Fsp3) is 0.400. The van der Waals surface area contributed by atoms with Crippen LogP contribution in [0, 0.1) is 0 Å². The highest BCUT2D eigenvalue weighted by molar-refractivity contribution is 9.10. The summed E-state index contributed by atoms with van der Waals surface area (Å²) >= 11 is 5.26. The predicted octanol–water partition coefficient (Wildman–Crippen LogP) is 4.20.